The van der Waals surface area contributed by atoms with Gasteiger partial charge in [-0.15, -0.1) is 0 Å². The van der Waals surface area contributed by atoms with Gasteiger partial charge < -0.3 is 9.16 Å². The van der Waals surface area contributed by atoms with E-state index in [-0.39, 0.29) is 23.7 Å². The molecule has 2 rings (SSSR count). The molecule has 0 unspecified atom stereocenters. The Morgan fingerprint density at radius 2 is 1.78 bits per heavy atom. The van der Waals surface area contributed by atoms with Gasteiger partial charge in [0.1, 0.15) is 5.78 Å². The summed E-state index contributed by atoms with van der Waals surface area (Å²) in [7, 11) is -1.87. The predicted molar refractivity (Wildman–Crippen MR) is 95.9 cm³/mol. The maximum Gasteiger partial charge on any atom is 0.185 e. The van der Waals surface area contributed by atoms with Gasteiger partial charge in [-0.05, 0) is 32.1 Å². The maximum atomic E-state index is 12.8. The van der Waals surface area contributed by atoms with Crippen LogP contribution in [0.5, 0.6) is 0 Å². The first-order valence-corrected chi connectivity index (χ1v) is 12.0. The average Bonchev–Trinajstić information content (AvgIpc) is 2.49. The lowest BCUT2D eigenvalue weighted by atomic mass is 9.64. The minimum Gasteiger partial charge on any atom is -0.407 e. The van der Waals surface area contributed by atoms with Gasteiger partial charge in [0.15, 0.2) is 8.32 Å². The standard InChI is InChI=1S/C19H30O3Si/c1-7-21-18-13-17(20)14(2)19(15(18)3,22-23(4,5)6)16-11-9-8-10-12-16/h8-12,14-15,18H,7,13H2,1-6H3/t14-,15+,18-,19-/m1/s1. The van der Waals surface area contributed by atoms with E-state index in [0.29, 0.717) is 13.0 Å². The maximum absolute atomic E-state index is 12.8. The van der Waals surface area contributed by atoms with Crippen molar-refractivity contribution in [2.75, 3.05) is 6.61 Å². The van der Waals surface area contributed by atoms with Crippen molar-refractivity contribution >= 4 is 14.1 Å². The first kappa shape index (κ1) is 18.4. The molecule has 3 nitrogen and oxygen atoms in total. The fourth-order valence-corrected chi connectivity index (χ4v) is 5.33. The molecule has 23 heavy (non-hydrogen) atoms. The molecule has 0 amide bonds. The van der Waals surface area contributed by atoms with Crippen LogP contribution >= 0.6 is 0 Å². The Morgan fingerprint density at radius 1 is 1.17 bits per heavy atom. The SMILES string of the molecule is CCO[C@@H]1CC(=O)[C@@H](C)[C@](O[Si](C)(C)C)(c2ccccc2)[C@H]1C. The van der Waals surface area contributed by atoms with Gasteiger partial charge in [0.2, 0.25) is 0 Å². The topological polar surface area (TPSA) is 35.5 Å². The predicted octanol–water partition coefficient (Wildman–Crippen LogP) is 4.38. The number of carbonyl (C=O) groups is 1. The number of ether oxygens (including phenoxy) is 1. The molecule has 0 heterocycles. The Morgan fingerprint density at radius 3 is 2.30 bits per heavy atom. The van der Waals surface area contributed by atoms with E-state index in [1.54, 1.807) is 0 Å². The van der Waals surface area contributed by atoms with Gasteiger partial charge in [0, 0.05) is 24.9 Å². The molecule has 4 heteroatoms. The molecule has 1 aromatic rings. The van der Waals surface area contributed by atoms with Gasteiger partial charge in [-0.25, -0.2) is 0 Å². The molecule has 0 bridgehead atoms. The first-order chi connectivity index (χ1) is 10.7. The van der Waals surface area contributed by atoms with Crippen molar-refractivity contribution in [1.82, 2.24) is 0 Å². The molecule has 0 aromatic heterocycles. The van der Waals surface area contributed by atoms with E-state index < -0.39 is 13.9 Å². The number of Topliss-reactive ketones (excluding diaryl/α,β-unsaturated/α-hetero) is 1. The lowest BCUT2D eigenvalue weighted by Crippen LogP contribution is -2.58. The molecule has 1 saturated carbocycles. The molecule has 1 fully saturated rings. The van der Waals surface area contributed by atoms with Crippen LogP contribution < -0.4 is 0 Å². The summed E-state index contributed by atoms with van der Waals surface area (Å²) in [6, 6.07) is 10.2. The van der Waals surface area contributed by atoms with E-state index in [2.05, 4.69) is 38.7 Å². The number of benzene rings is 1. The number of hydrogen-bond acceptors (Lipinski definition) is 3. The number of carbonyl (C=O) groups excluding carboxylic acids is 1. The first-order valence-electron chi connectivity index (χ1n) is 8.62. The van der Waals surface area contributed by atoms with Crippen molar-refractivity contribution in [3.63, 3.8) is 0 Å². The van der Waals surface area contributed by atoms with Crippen molar-refractivity contribution in [3.8, 4) is 0 Å². The second-order valence-electron chi connectivity index (χ2n) is 7.55. The van der Waals surface area contributed by atoms with E-state index in [1.165, 1.54) is 0 Å². The van der Waals surface area contributed by atoms with Gasteiger partial charge in [-0.3, -0.25) is 4.79 Å². The fourth-order valence-electron chi connectivity index (χ4n) is 3.84. The van der Waals surface area contributed by atoms with Crippen LogP contribution in [0.1, 0.15) is 32.8 Å². The van der Waals surface area contributed by atoms with Crippen LogP contribution in [0.4, 0.5) is 0 Å². The smallest absolute Gasteiger partial charge is 0.185 e. The molecule has 1 aliphatic rings. The Hall–Kier alpha value is -0.973. The van der Waals surface area contributed by atoms with E-state index in [4.69, 9.17) is 9.16 Å². The second kappa shape index (κ2) is 6.87. The van der Waals surface area contributed by atoms with Crippen molar-refractivity contribution in [2.24, 2.45) is 11.8 Å². The van der Waals surface area contributed by atoms with Crippen LogP contribution in [0.15, 0.2) is 30.3 Å². The van der Waals surface area contributed by atoms with Crippen molar-refractivity contribution in [1.29, 1.82) is 0 Å². The fraction of sp³-hybridized carbons (Fsp3) is 0.632. The molecule has 0 aliphatic heterocycles. The second-order valence-corrected chi connectivity index (χ2v) is 12.0. The van der Waals surface area contributed by atoms with Gasteiger partial charge >= 0.3 is 0 Å². The van der Waals surface area contributed by atoms with Crippen LogP contribution in [0.3, 0.4) is 0 Å². The molecular weight excluding hydrogens is 304 g/mol. The molecule has 128 valence electrons. The third-order valence-corrected chi connectivity index (χ3v) is 5.79. The van der Waals surface area contributed by atoms with E-state index in [9.17, 15) is 4.79 Å². The van der Waals surface area contributed by atoms with Gasteiger partial charge in [0.25, 0.3) is 0 Å². The highest BCUT2D eigenvalue weighted by Gasteiger charge is 2.55. The van der Waals surface area contributed by atoms with Crippen LogP contribution in [-0.4, -0.2) is 26.8 Å². The Bertz CT molecular complexity index is 537. The summed E-state index contributed by atoms with van der Waals surface area (Å²) in [5.41, 5.74) is 0.501. The van der Waals surface area contributed by atoms with Crippen molar-refractivity contribution < 1.29 is 14.0 Å². The molecule has 0 radical (unpaired) electrons. The Kier molecular flexibility index (Phi) is 5.49. The van der Waals surface area contributed by atoms with Crippen LogP contribution in [0.25, 0.3) is 0 Å². The van der Waals surface area contributed by atoms with E-state index in [0.717, 1.165) is 5.56 Å². The molecule has 0 saturated heterocycles. The van der Waals surface area contributed by atoms with Crippen LogP contribution in [-0.2, 0) is 19.6 Å². The lowest BCUT2D eigenvalue weighted by Gasteiger charge is -2.52. The van der Waals surface area contributed by atoms with Crippen LogP contribution in [0.2, 0.25) is 19.6 Å². The summed E-state index contributed by atoms with van der Waals surface area (Å²) < 4.78 is 12.7. The van der Waals surface area contributed by atoms with Crippen molar-refractivity contribution in [3.05, 3.63) is 35.9 Å². The summed E-state index contributed by atoms with van der Waals surface area (Å²) in [5, 5.41) is 0. The number of ketones is 1. The third kappa shape index (κ3) is 3.59. The molecular formula is C19H30O3Si. The normalized spacial score (nSPS) is 32.1. The highest BCUT2D eigenvalue weighted by atomic mass is 28.4. The minimum absolute atomic E-state index is 0.0831. The zero-order valence-electron chi connectivity index (χ0n) is 15.3. The molecule has 0 spiro atoms. The van der Waals surface area contributed by atoms with Gasteiger partial charge in [0.05, 0.1) is 11.7 Å². The molecule has 0 N–H and O–H groups in total. The van der Waals surface area contributed by atoms with Crippen LogP contribution in [0, 0.1) is 11.8 Å². The number of hydrogen-bond donors (Lipinski definition) is 0. The monoisotopic (exact) mass is 334 g/mol. The average molecular weight is 335 g/mol. The highest BCUT2D eigenvalue weighted by Crippen LogP contribution is 2.49. The quantitative estimate of drug-likeness (QED) is 0.750. The zero-order chi connectivity index (χ0) is 17.3. The van der Waals surface area contributed by atoms with E-state index >= 15 is 0 Å². The minimum atomic E-state index is -1.87. The Balaban J connectivity index is 2.58. The summed E-state index contributed by atoms with van der Waals surface area (Å²) in [4.78, 5) is 12.8. The number of rotatable bonds is 5. The van der Waals surface area contributed by atoms with Gasteiger partial charge in [-0.1, -0.05) is 44.2 Å². The lowest BCUT2D eigenvalue weighted by molar-refractivity contribution is -0.163. The third-order valence-electron chi connectivity index (χ3n) is 4.84. The summed E-state index contributed by atoms with van der Waals surface area (Å²) >= 11 is 0. The summed E-state index contributed by atoms with van der Waals surface area (Å²) in [6.07, 6.45) is 0.403. The highest BCUT2D eigenvalue weighted by molar-refractivity contribution is 6.69. The Labute approximate surface area is 141 Å². The molecule has 1 aliphatic carbocycles. The molecule has 1 aromatic carbocycles. The summed E-state index contributed by atoms with van der Waals surface area (Å²) in [5.74, 6) is 0.205. The molecule has 4 atom stereocenters. The zero-order valence-corrected chi connectivity index (χ0v) is 16.3. The van der Waals surface area contributed by atoms with Crippen molar-refractivity contribution in [2.45, 2.75) is 58.5 Å². The largest absolute Gasteiger partial charge is 0.407 e. The van der Waals surface area contributed by atoms with E-state index in [1.807, 2.05) is 32.0 Å². The van der Waals surface area contributed by atoms with Gasteiger partial charge in [-0.2, -0.15) is 0 Å². The summed E-state index contributed by atoms with van der Waals surface area (Å²) in [6.45, 7) is 13.4.